The number of pyridine rings is 1. The van der Waals surface area contributed by atoms with Gasteiger partial charge in [0.05, 0.1) is 10.6 Å². The van der Waals surface area contributed by atoms with E-state index in [4.69, 9.17) is 0 Å². The number of rotatable bonds is 5. The van der Waals surface area contributed by atoms with Crippen LogP contribution < -0.4 is 5.32 Å². The predicted molar refractivity (Wildman–Crippen MR) is 79.0 cm³/mol. The van der Waals surface area contributed by atoms with E-state index in [0.717, 1.165) is 11.3 Å². The molecule has 4 nitrogen and oxygen atoms in total. The lowest BCUT2D eigenvalue weighted by atomic mass is 10.2. The van der Waals surface area contributed by atoms with Crippen LogP contribution >= 0.6 is 0 Å². The van der Waals surface area contributed by atoms with E-state index < -0.39 is 9.84 Å². The minimum absolute atomic E-state index is 0.144. The maximum atomic E-state index is 11.4. The molecule has 1 aromatic heterocycles. The Kier molecular flexibility index (Phi) is 4.52. The molecular formula is C15H18N2O2S. The van der Waals surface area contributed by atoms with Gasteiger partial charge in [-0.25, -0.2) is 8.42 Å². The van der Waals surface area contributed by atoms with Gasteiger partial charge in [-0.3, -0.25) is 4.98 Å². The Balaban J connectivity index is 1.98. The minimum Gasteiger partial charge on any atom is -0.305 e. The molecule has 1 heterocycles. The molecule has 1 aromatic carbocycles. The number of hydrogen-bond donors (Lipinski definition) is 1. The Morgan fingerprint density at radius 1 is 1.15 bits per heavy atom. The molecule has 0 aliphatic rings. The largest absolute Gasteiger partial charge is 0.305 e. The van der Waals surface area contributed by atoms with E-state index in [9.17, 15) is 8.42 Å². The second-order valence-electron chi connectivity index (χ2n) is 4.77. The van der Waals surface area contributed by atoms with E-state index in [-0.39, 0.29) is 6.04 Å². The molecule has 0 amide bonds. The van der Waals surface area contributed by atoms with Gasteiger partial charge in [-0.05, 0) is 36.8 Å². The van der Waals surface area contributed by atoms with Crippen molar-refractivity contribution in [1.82, 2.24) is 10.3 Å². The van der Waals surface area contributed by atoms with Crippen molar-refractivity contribution in [3.05, 3.63) is 59.9 Å². The van der Waals surface area contributed by atoms with E-state index >= 15 is 0 Å². The first kappa shape index (κ1) is 14.7. The zero-order valence-corrected chi connectivity index (χ0v) is 12.4. The van der Waals surface area contributed by atoms with Gasteiger partial charge in [0.1, 0.15) is 0 Å². The van der Waals surface area contributed by atoms with Crippen LogP contribution in [0.15, 0.2) is 53.6 Å². The van der Waals surface area contributed by atoms with Crippen molar-refractivity contribution in [3.8, 4) is 0 Å². The zero-order valence-electron chi connectivity index (χ0n) is 11.6. The highest BCUT2D eigenvalue weighted by Crippen LogP contribution is 2.12. The van der Waals surface area contributed by atoms with Crippen molar-refractivity contribution in [2.24, 2.45) is 0 Å². The molecule has 0 aliphatic carbocycles. The summed E-state index contributed by atoms with van der Waals surface area (Å²) in [5.74, 6) is 0. The Morgan fingerprint density at radius 2 is 1.85 bits per heavy atom. The molecule has 106 valence electrons. The molecule has 2 aromatic rings. The third kappa shape index (κ3) is 3.88. The fourth-order valence-corrected chi connectivity index (χ4v) is 2.49. The van der Waals surface area contributed by atoms with Crippen LogP contribution in [0.4, 0.5) is 0 Å². The standard InChI is InChI=1S/C15H18N2O2S/c1-12(15-5-3-4-10-16-15)17-11-13-6-8-14(9-7-13)20(2,18)19/h3-10,12,17H,11H2,1-2H3. The van der Waals surface area contributed by atoms with Crippen molar-refractivity contribution in [2.75, 3.05) is 6.26 Å². The maximum absolute atomic E-state index is 11.4. The summed E-state index contributed by atoms with van der Waals surface area (Å²) in [6, 6.07) is 12.9. The molecular weight excluding hydrogens is 272 g/mol. The van der Waals surface area contributed by atoms with E-state index in [0.29, 0.717) is 11.4 Å². The Morgan fingerprint density at radius 3 is 2.40 bits per heavy atom. The van der Waals surface area contributed by atoms with Gasteiger partial charge in [0.25, 0.3) is 0 Å². The van der Waals surface area contributed by atoms with Crippen molar-refractivity contribution in [2.45, 2.75) is 24.4 Å². The molecule has 0 bridgehead atoms. The number of hydrogen-bond acceptors (Lipinski definition) is 4. The normalized spacial score (nSPS) is 13.1. The van der Waals surface area contributed by atoms with E-state index in [1.54, 1.807) is 18.3 Å². The van der Waals surface area contributed by atoms with Crippen molar-refractivity contribution in [1.29, 1.82) is 0 Å². The van der Waals surface area contributed by atoms with Gasteiger partial charge < -0.3 is 5.32 Å². The third-order valence-electron chi connectivity index (χ3n) is 3.10. The molecule has 2 rings (SSSR count). The second kappa shape index (κ2) is 6.15. The van der Waals surface area contributed by atoms with Gasteiger partial charge in [0.15, 0.2) is 9.84 Å². The summed E-state index contributed by atoms with van der Waals surface area (Å²) in [4.78, 5) is 4.64. The van der Waals surface area contributed by atoms with Crippen molar-refractivity contribution in [3.63, 3.8) is 0 Å². The van der Waals surface area contributed by atoms with Crippen LogP contribution in [0.25, 0.3) is 0 Å². The highest BCUT2D eigenvalue weighted by Gasteiger charge is 2.08. The predicted octanol–water partition coefficient (Wildman–Crippen LogP) is 2.34. The summed E-state index contributed by atoms with van der Waals surface area (Å²) < 4.78 is 22.7. The third-order valence-corrected chi connectivity index (χ3v) is 4.22. The summed E-state index contributed by atoms with van der Waals surface area (Å²) in [5, 5.41) is 3.36. The van der Waals surface area contributed by atoms with Crippen LogP contribution in [0.5, 0.6) is 0 Å². The first-order chi connectivity index (χ1) is 9.47. The molecule has 0 aliphatic heterocycles. The van der Waals surface area contributed by atoms with Crippen LogP contribution in [-0.2, 0) is 16.4 Å². The molecule has 0 saturated heterocycles. The van der Waals surface area contributed by atoms with Crippen LogP contribution in [-0.4, -0.2) is 19.7 Å². The first-order valence-corrected chi connectivity index (χ1v) is 8.29. The second-order valence-corrected chi connectivity index (χ2v) is 6.79. The molecule has 1 unspecified atom stereocenters. The number of nitrogens with zero attached hydrogens (tertiary/aromatic N) is 1. The minimum atomic E-state index is -3.12. The summed E-state index contributed by atoms with van der Waals surface area (Å²) in [7, 11) is -3.12. The number of sulfone groups is 1. The lowest BCUT2D eigenvalue weighted by Gasteiger charge is -2.13. The van der Waals surface area contributed by atoms with Crippen LogP contribution in [0.3, 0.4) is 0 Å². The SMILES string of the molecule is CC(NCc1ccc(S(C)(=O)=O)cc1)c1ccccn1. The molecule has 0 radical (unpaired) electrons. The summed E-state index contributed by atoms with van der Waals surface area (Å²) in [6.45, 7) is 2.72. The maximum Gasteiger partial charge on any atom is 0.175 e. The summed E-state index contributed by atoms with van der Waals surface area (Å²) >= 11 is 0. The molecule has 1 N–H and O–H groups in total. The first-order valence-electron chi connectivity index (χ1n) is 6.40. The van der Waals surface area contributed by atoms with Crippen LogP contribution in [0, 0.1) is 0 Å². The number of nitrogens with one attached hydrogen (secondary N) is 1. The van der Waals surface area contributed by atoms with E-state index in [2.05, 4.69) is 10.3 Å². The Bertz CT molecular complexity index is 652. The van der Waals surface area contributed by atoms with Crippen LogP contribution in [0.2, 0.25) is 0 Å². The number of aromatic nitrogens is 1. The van der Waals surface area contributed by atoms with E-state index in [1.165, 1.54) is 6.26 Å². The average Bonchev–Trinajstić information content (AvgIpc) is 2.45. The molecule has 0 fully saturated rings. The lowest BCUT2D eigenvalue weighted by molar-refractivity contribution is 0.561. The summed E-state index contributed by atoms with van der Waals surface area (Å²) in [5.41, 5.74) is 2.03. The molecule has 5 heteroatoms. The molecule has 1 atom stereocenters. The van der Waals surface area contributed by atoms with Gasteiger partial charge in [0, 0.05) is 25.0 Å². The fraction of sp³-hybridized carbons (Fsp3) is 0.267. The van der Waals surface area contributed by atoms with Crippen LogP contribution in [0.1, 0.15) is 24.2 Å². The Labute approximate surface area is 119 Å². The molecule has 0 spiro atoms. The van der Waals surface area contributed by atoms with Crippen molar-refractivity contribution < 1.29 is 8.42 Å². The lowest BCUT2D eigenvalue weighted by Crippen LogP contribution is -2.18. The highest BCUT2D eigenvalue weighted by atomic mass is 32.2. The summed E-state index contributed by atoms with van der Waals surface area (Å²) in [6.07, 6.45) is 2.98. The van der Waals surface area contributed by atoms with Gasteiger partial charge >= 0.3 is 0 Å². The smallest absolute Gasteiger partial charge is 0.175 e. The Hall–Kier alpha value is -1.72. The monoisotopic (exact) mass is 290 g/mol. The zero-order chi connectivity index (χ0) is 14.6. The number of benzene rings is 1. The van der Waals surface area contributed by atoms with Gasteiger partial charge in [-0.1, -0.05) is 18.2 Å². The quantitative estimate of drug-likeness (QED) is 0.918. The fourth-order valence-electron chi connectivity index (χ4n) is 1.86. The van der Waals surface area contributed by atoms with Gasteiger partial charge in [-0.15, -0.1) is 0 Å². The van der Waals surface area contributed by atoms with Gasteiger partial charge in [0.2, 0.25) is 0 Å². The average molecular weight is 290 g/mol. The van der Waals surface area contributed by atoms with Crippen molar-refractivity contribution >= 4 is 9.84 Å². The molecule has 20 heavy (non-hydrogen) atoms. The van der Waals surface area contributed by atoms with E-state index in [1.807, 2.05) is 37.3 Å². The molecule has 0 saturated carbocycles. The highest BCUT2D eigenvalue weighted by molar-refractivity contribution is 7.90. The topological polar surface area (TPSA) is 59.1 Å². The van der Waals surface area contributed by atoms with Gasteiger partial charge in [-0.2, -0.15) is 0 Å².